The highest BCUT2D eigenvalue weighted by atomic mass is 16.5. The van der Waals surface area contributed by atoms with Crippen LogP contribution < -0.4 is 4.74 Å². The molecule has 0 aliphatic carbocycles. The number of imidazole rings is 1. The minimum atomic E-state index is 0.161. The number of piperidine rings is 1. The van der Waals surface area contributed by atoms with E-state index in [1.807, 2.05) is 58.0 Å². The SMILES string of the molecule is COc1cccc(-c2nc3ccccc3n2CC(=O)N2CCC(C)CC2)c1. The van der Waals surface area contributed by atoms with Crippen LogP contribution in [0.4, 0.5) is 0 Å². The van der Waals surface area contributed by atoms with E-state index in [1.165, 1.54) is 0 Å². The van der Waals surface area contributed by atoms with Crippen LogP contribution in [0.5, 0.6) is 5.75 Å². The van der Waals surface area contributed by atoms with Crippen molar-refractivity contribution in [3.63, 3.8) is 0 Å². The number of nitrogens with zero attached hydrogens (tertiary/aromatic N) is 3. The third-order valence-corrected chi connectivity index (χ3v) is 5.41. The standard InChI is InChI=1S/C22H25N3O2/c1-16-10-12-24(13-11-16)21(26)15-25-20-9-4-3-8-19(20)23-22(25)17-6-5-7-18(14-17)27-2/h3-9,14,16H,10-13,15H2,1-2H3. The fourth-order valence-corrected chi connectivity index (χ4v) is 3.71. The number of hydrogen-bond donors (Lipinski definition) is 0. The van der Waals surface area contributed by atoms with Crippen LogP contribution in [0.1, 0.15) is 19.8 Å². The van der Waals surface area contributed by atoms with E-state index in [0.717, 1.165) is 54.1 Å². The van der Waals surface area contributed by atoms with E-state index in [9.17, 15) is 4.79 Å². The third-order valence-electron chi connectivity index (χ3n) is 5.41. The van der Waals surface area contributed by atoms with Crippen molar-refractivity contribution < 1.29 is 9.53 Å². The summed E-state index contributed by atoms with van der Waals surface area (Å²) in [5.41, 5.74) is 2.83. The second kappa shape index (κ2) is 7.43. The van der Waals surface area contributed by atoms with E-state index < -0.39 is 0 Å². The van der Waals surface area contributed by atoms with E-state index in [-0.39, 0.29) is 5.91 Å². The number of likely N-dealkylation sites (tertiary alicyclic amines) is 1. The molecule has 2 heterocycles. The minimum absolute atomic E-state index is 0.161. The maximum Gasteiger partial charge on any atom is 0.242 e. The number of aromatic nitrogens is 2. The summed E-state index contributed by atoms with van der Waals surface area (Å²) in [6.07, 6.45) is 2.16. The Labute approximate surface area is 159 Å². The topological polar surface area (TPSA) is 47.4 Å². The van der Waals surface area contributed by atoms with Gasteiger partial charge in [0, 0.05) is 18.7 Å². The van der Waals surface area contributed by atoms with Gasteiger partial charge < -0.3 is 14.2 Å². The maximum atomic E-state index is 13.0. The van der Waals surface area contributed by atoms with Gasteiger partial charge in [0.15, 0.2) is 0 Å². The number of amides is 1. The molecule has 1 amide bonds. The first-order chi connectivity index (χ1) is 13.2. The molecular weight excluding hydrogens is 338 g/mol. The van der Waals surface area contributed by atoms with Gasteiger partial charge in [-0.3, -0.25) is 4.79 Å². The molecule has 5 nitrogen and oxygen atoms in total. The van der Waals surface area contributed by atoms with E-state index >= 15 is 0 Å². The Morgan fingerprint density at radius 1 is 1.15 bits per heavy atom. The summed E-state index contributed by atoms with van der Waals surface area (Å²) in [4.78, 5) is 19.8. The molecule has 0 bridgehead atoms. The van der Waals surface area contributed by atoms with Gasteiger partial charge in [-0.05, 0) is 43.0 Å². The van der Waals surface area contributed by atoms with Crippen molar-refractivity contribution in [3.8, 4) is 17.1 Å². The summed E-state index contributed by atoms with van der Waals surface area (Å²) in [6.45, 7) is 4.26. The van der Waals surface area contributed by atoms with E-state index in [1.54, 1.807) is 7.11 Å². The highest BCUT2D eigenvalue weighted by molar-refractivity contribution is 5.84. The van der Waals surface area contributed by atoms with Crippen LogP contribution in [0.15, 0.2) is 48.5 Å². The summed E-state index contributed by atoms with van der Waals surface area (Å²) in [7, 11) is 1.66. The Kier molecular flexibility index (Phi) is 4.84. The van der Waals surface area contributed by atoms with E-state index in [0.29, 0.717) is 12.5 Å². The predicted molar refractivity (Wildman–Crippen MR) is 107 cm³/mol. The van der Waals surface area contributed by atoms with Crippen LogP contribution in [0.25, 0.3) is 22.4 Å². The van der Waals surface area contributed by atoms with Crippen LogP contribution in [0, 0.1) is 5.92 Å². The molecule has 140 valence electrons. The maximum absolute atomic E-state index is 13.0. The Bertz CT molecular complexity index is 955. The highest BCUT2D eigenvalue weighted by Crippen LogP contribution is 2.28. The van der Waals surface area contributed by atoms with Crippen LogP contribution in [0.2, 0.25) is 0 Å². The average Bonchev–Trinajstić information content (AvgIpc) is 3.07. The summed E-state index contributed by atoms with van der Waals surface area (Å²) in [6, 6.07) is 15.8. The number of methoxy groups -OCH3 is 1. The van der Waals surface area contributed by atoms with Crippen molar-refractivity contribution >= 4 is 16.9 Å². The highest BCUT2D eigenvalue weighted by Gasteiger charge is 2.22. The molecule has 0 unspecified atom stereocenters. The molecule has 0 saturated carbocycles. The molecular formula is C22H25N3O2. The molecule has 0 radical (unpaired) electrons. The number of rotatable bonds is 4. The second-order valence-corrected chi connectivity index (χ2v) is 7.31. The van der Waals surface area contributed by atoms with Gasteiger partial charge in [-0.2, -0.15) is 0 Å². The molecule has 0 atom stereocenters. The van der Waals surface area contributed by atoms with Gasteiger partial charge in [0.25, 0.3) is 0 Å². The average molecular weight is 363 g/mol. The van der Waals surface area contributed by atoms with Crippen LogP contribution in [-0.2, 0) is 11.3 Å². The van der Waals surface area contributed by atoms with Crippen molar-refractivity contribution in [2.24, 2.45) is 5.92 Å². The predicted octanol–water partition coefficient (Wildman–Crippen LogP) is 3.97. The van der Waals surface area contributed by atoms with Crippen molar-refractivity contribution in [1.29, 1.82) is 0 Å². The van der Waals surface area contributed by atoms with Crippen LogP contribution in [0.3, 0.4) is 0 Å². The van der Waals surface area contributed by atoms with E-state index in [2.05, 4.69) is 6.92 Å². The fraction of sp³-hybridized carbons (Fsp3) is 0.364. The molecule has 1 aliphatic heterocycles. The molecule has 2 aromatic carbocycles. The molecule has 4 rings (SSSR count). The molecule has 5 heteroatoms. The minimum Gasteiger partial charge on any atom is -0.497 e. The molecule has 1 saturated heterocycles. The lowest BCUT2D eigenvalue weighted by Gasteiger charge is -2.30. The van der Waals surface area contributed by atoms with Crippen LogP contribution >= 0.6 is 0 Å². The van der Waals surface area contributed by atoms with Gasteiger partial charge >= 0.3 is 0 Å². The lowest BCUT2D eigenvalue weighted by atomic mass is 9.99. The van der Waals surface area contributed by atoms with E-state index in [4.69, 9.17) is 9.72 Å². The number of hydrogen-bond acceptors (Lipinski definition) is 3. The quantitative estimate of drug-likeness (QED) is 0.705. The lowest BCUT2D eigenvalue weighted by molar-refractivity contribution is -0.133. The Hall–Kier alpha value is -2.82. The molecule has 0 spiro atoms. The summed E-state index contributed by atoms with van der Waals surface area (Å²) < 4.78 is 7.40. The van der Waals surface area contributed by atoms with Gasteiger partial charge in [0.2, 0.25) is 5.91 Å². The van der Waals surface area contributed by atoms with Gasteiger partial charge in [0.1, 0.15) is 18.1 Å². The van der Waals surface area contributed by atoms with Gasteiger partial charge in [-0.1, -0.05) is 31.2 Å². The molecule has 3 aromatic rings. The zero-order valence-electron chi connectivity index (χ0n) is 15.9. The first-order valence-corrected chi connectivity index (χ1v) is 9.53. The second-order valence-electron chi connectivity index (χ2n) is 7.31. The van der Waals surface area contributed by atoms with Crippen molar-refractivity contribution in [2.45, 2.75) is 26.3 Å². The first kappa shape index (κ1) is 17.6. The van der Waals surface area contributed by atoms with Gasteiger partial charge in [-0.25, -0.2) is 4.98 Å². The zero-order valence-corrected chi connectivity index (χ0v) is 15.9. The monoisotopic (exact) mass is 363 g/mol. The summed E-state index contributed by atoms with van der Waals surface area (Å²) in [5, 5.41) is 0. The Morgan fingerprint density at radius 3 is 2.70 bits per heavy atom. The van der Waals surface area contributed by atoms with Crippen molar-refractivity contribution in [3.05, 3.63) is 48.5 Å². The summed E-state index contributed by atoms with van der Waals surface area (Å²) >= 11 is 0. The normalized spacial score (nSPS) is 15.3. The third kappa shape index (κ3) is 3.54. The molecule has 27 heavy (non-hydrogen) atoms. The number of fused-ring (bicyclic) bond motifs is 1. The number of carbonyl (C=O) groups excluding carboxylic acids is 1. The van der Waals surface area contributed by atoms with Crippen LogP contribution in [-0.4, -0.2) is 40.6 Å². The molecule has 0 N–H and O–H groups in total. The summed E-state index contributed by atoms with van der Waals surface area (Å²) in [5.74, 6) is 2.45. The van der Waals surface area contributed by atoms with Gasteiger partial charge in [-0.15, -0.1) is 0 Å². The first-order valence-electron chi connectivity index (χ1n) is 9.53. The largest absolute Gasteiger partial charge is 0.497 e. The molecule has 1 fully saturated rings. The molecule has 1 aliphatic rings. The number of carbonyl (C=O) groups is 1. The lowest BCUT2D eigenvalue weighted by Crippen LogP contribution is -2.39. The Morgan fingerprint density at radius 2 is 1.93 bits per heavy atom. The van der Waals surface area contributed by atoms with Crippen molar-refractivity contribution in [1.82, 2.24) is 14.5 Å². The number of ether oxygens (including phenoxy) is 1. The molecule has 1 aromatic heterocycles. The Balaban J connectivity index is 1.71. The smallest absolute Gasteiger partial charge is 0.242 e. The number of para-hydroxylation sites is 2. The fourth-order valence-electron chi connectivity index (χ4n) is 3.71. The van der Waals surface area contributed by atoms with Crippen molar-refractivity contribution in [2.75, 3.05) is 20.2 Å². The zero-order chi connectivity index (χ0) is 18.8. The van der Waals surface area contributed by atoms with Gasteiger partial charge in [0.05, 0.1) is 18.1 Å². The number of benzene rings is 2.